The molecule has 72 valence electrons. The standard InChI is InChI=1S/C12H18O/c1-9-5-4-6-12(7-9)10(2)8-11(3)13/h4-7,10-11,13H,8H2,1-3H3. The average molecular weight is 178 g/mol. The lowest BCUT2D eigenvalue weighted by Gasteiger charge is -2.13. The van der Waals surface area contributed by atoms with Crippen LogP contribution in [0.1, 0.15) is 37.3 Å². The molecule has 1 heteroatoms. The summed E-state index contributed by atoms with van der Waals surface area (Å²) < 4.78 is 0. The van der Waals surface area contributed by atoms with Gasteiger partial charge in [-0.05, 0) is 31.7 Å². The van der Waals surface area contributed by atoms with E-state index >= 15 is 0 Å². The Morgan fingerprint density at radius 3 is 2.54 bits per heavy atom. The topological polar surface area (TPSA) is 20.2 Å². The average Bonchev–Trinajstić information content (AvgIpc) is 2.03. The third-order valence-electron chi connectivity index (χ3n) is 2.31. The van der Waals surface area contributed by atoms with E-state index in [0.29, 0.717) is 5.92 Å². The molecular weight excluding hydrogens is 160 g/mol. The predicted molar refractivity (Wildman–Crippen MR) is 55.9 cm³/mol. The van der Waals surface area contributed by atoms with Gasteiger partial charge in [0, 0.05) is 0 Å². The summed E-state index contributed by atoms with van der Waals surface area (Å²) in [5, 5.41) is 9.25. The highest BCUT2D eigenvalue weighted by molar-refractivity contribution is 5.24. The number of rotatable bonds is 3. The first-order valence-corrected chi connectivity index (χ1v) is 4.84. The van der Waals surface area contributed by atoms with Gasteiger partial charge in [-0.25, -0.2) is 0 Å². The minimum absolute atomic E-state index is 0.212. The normalized spacial score (nSPS) is 15.4. The molecule has 1 aromatic carbocycles. The number of hydrogen-bond donors (Lipinski definition) is 1. The zero-order valence-electron chi connectivity index (χ0n) is 8.62. The Bertz CT molecular complexity index is 266. The van der Waals surface area contributed by atoms with E-state index in [1.165, 1.54) is 11.1 Å². The molecular formula is C12H18O. The molecule has 1 nitrogen and oxygen atoms in total. The Hall–Kier alpha value is -0.820. The van der Waals surface area contributed by atoms with Gasteiger partial charge in [0.25, 0.3) is 0 Å². The van der Waals surface area contributed by atoms with E-state index in [1.807, 2.05) is 6.92 Å². The van der Waals surface area contributed by atoms with Crippen molar-refractivity contribution in [3.05, 3.63) is 35.4 Å². The van der Waals surface area contributed by atoms with E-state index in [0.717, 1.165) is 6.42 Å². The second kappa shape index (κ2) is 4.43. The van der Waals surface area contributed by atoms with Crippen LogP contribution in [-0.4, -0.2) is 11.2 Å². The minimum Gasteiger partial charge on any atom is -0.393 e. The summed E-state index contributed by atoms with van der Waals surface area (Å²) in [5.41, 5.74) is 2.61. The molecule has 1 N–H and O–H groups in total. The third-order valence-corrected chi connectivity index (χ3v) is 2.31. The lowest BCUT2D eigenvalue weighted by atomic mass is 9.94. The van der Waals surface area contributed by atoms with Crippen LogP contribution in [0.4, 0.5) is 0 Å². The number of aliphatic hydroxyl groups is 1. The Kier molecular flexibility index (Phi) is 3.49. The molecule has 0 saturated heterocycles. The van der Waals surface area contributed by atoms with Crippen molar-refractivity contribution in [3.8, 4) is 0 Å². The quantitative estimate of drug-likeness (QED) is 0.754. The summed E-state index contributed by atoms with van der Waals surface area (Å²) in [6.07, 6.45) is 0.624. The molecule has 0 heterocycles. The first-order valence-electron chi connectivity index (χ1n) is 4.84. The van der Waals surface area contributed by atoms with Crippen LogP contribution >= 0.6 is 0 Å². The lowest BCUT2D eigenvalue weighted by molar-refractivity contribution is 0.176. The summed E-state index contributed by atoms with van der Waals surface area (Å²) in [7, 11) is 0. The van der Waals surface area contributed by atoms with Gasteiger partial charge in [0.05, 0.1) is 6.10 Å². The van der Waals surface area contributed by atoms with Gasteiger partial charge in [0.1, 0.15) is 0 Å². The fraction of sp³-hybridized carbons (Fsp3) is 0.500. The van der Waals surface area contributed by atoms with E-state index < -0.39 is 0 Å². The fourth-order valence-electron chi connectivity index (χ4n) is 1.62. The van der Waals surface area contributed by atoms with Crippen molar-refractivity contribution in [1.29, 1.82) is 0 Å². The van der Waals surface area contributed by atoms with Gasteiger partial charge in [0.15, 0.2) is 0 Å². The highest BCUT2D eigenvalue weighted by Crippen LogP contribution is 2.21. The van der Waals surface area contributed by atoms with Gasteiger partial charge in [-0.3, -0.25) is 0 Å². The molecule has 13 heavy (non-hydrogen) atoms. The van der Waals surface area contributed by atoms with Crippen LogP contribution in [0.5, 0.6) is 0 Å². The van der Waals surface area contributed by atoms with Crippen LogP contribution in [0.25, 0.3) is 0 Å². The van der Waals surface area contributed by atoms with Crippen LogP contribution in [-0.2, 0) is 0 Å². The minimum atomic E-state index is -0.212. The number of aryl methyl sites for hydroxylation is 1. The van der Waals surface area contributed by atoms with Crippen molar-refractivity contribution < 1.29 is 5.11 Å². The molecule has 0 saturated carbocycles. The molecule has 0 bridgehead atoms. The van der Waals surface area contributed by atoms with Crippen LogP contribution < -0.4 is 0 Å². The van der Waals surface area contributed by atoms with E-state index in [4.69, 9.17) is 0 Å². The van der Waals surface area contributed by atoms with Crippen LogP contribution in [0.3, 0.4) is 0 Å². The molecule has 0 aliphatic carbocycles. The first-order chi connectivity index (χ1) is 6.09. The van der Waals surface area contributed by atoms with Crippen LogP contribution in [0.15, 0.2) is 24.3 Å². The highest BCUT2D eigenvalue weighted by Gasteiger charge is 2.08. The number of benzene rings is 1. The lowest BCUT2D eigenvalue weighted by Crippen LogP contribution is -2.05. The summed E-state index contributed by atoms with van der Waals surface area (Å²) in [5.74, 6) is 0.444. The van der Waals surface area contributed by atoms with Crippen molar-refractivity contribution in [3.63, 3.8) is 0 Å². The molecule has 1 rings (SSSR count). The number of hydrogen-bond acceptors (Lipinski definition) is 1. The summed E-state index contributed by atoms with van der Waals surface area (Å²) in [4.78, 5) is 0. The van der Waals surface area contributed by atoms with E-state index in [9.17, 15) is 5.11 Å². The monoisotopic (exact) mass is 178 g/mol. The third kappa shape index (κ3) is 3.19. The van der Waals surface area contributed by atoms with Crippen molar-refractivity contribution in [2.45, 2.75) is 39.2 Å². The maximum Gasteiger partial charge on any atom is 0.0517 e. The zero-order valence-corrected chi connectivity index (χ0v) is 8.62. The smallest absolute Gasteiger partial charge is 0.0517 e. The van der Waals surface area contributed by atoms with Gasteiger partial charge in [-0.1, -0.05) is 36.8 Å². The molecule has 2 unspecified atom stereocenters. The van der Waals surface area contributed by atoms with Gasteiger partial charge >= 0.3 is 0 Å². The van der Waals surface area contributed by atoms with Gasteiger partial charge in [-0.15, -0.1) is 0 Å². The molecule has 0 aliphatic heterocycles. The SMILES string of the molecule is Cc1cccc(C(C)CC(C)O)c1. The van der Waals surface area contributed by atoms with E-state index in [-0.39, 0.29) is 6.10 Å². The van der Waals surface area contributed by atoms with Crippen molar-refractivity contribution in [2.24, 2.45) is 0 Å². The molecule has 0 aliphatic rings. The van der Waals surface area contributed by atoms with Gasteiger partial charge in [-0.2, -0.15) is 0 Å². The molecule has 2 atom stereocenters. The Balaban J connectivity index is 2.71. The van der Waals surface area contributed by atoms with Crippen molar-refractivity contribution in [2.75, 3.05) is 0 Å². The Morgan fingerprint density at radius 1 is 1.31 bits per heavy atom. The summed E-state index contributed by atoms with van der Waals surface area (Å²) in [6, 6.07) is 8.48. The fourth-order valence-corrected chi connectivity index (χ4v) is 1.62. The second-order valence-corrected chi connectivity index (χ2v) is 3.90. The molecule has 0 fully saturated rings. The van der Waals surface area contributed by atoms with Crippen molar-refractivity contribution >= 4 is 0 Å². The largest absolute Gasteiger partial charge is 0.393 e. The molecule has 0 amide bonds. The number of aliphatic hydroxyl groups excluding tert-OH is 1. The first kappa shape index (κ1) is 10.3. The van der Waals surface area contributed by atoms with E-state index in [2.05, 4.69) is 38.1 Å². The predicted octanol–water partition coefficient (Wildman–Crippen LogP) is 2.87. The van der Waals surface area contributed by atoms with E-state index in [1.54, 1.807) is 0 Å². The molecule has 1 aromatic rings. The van der Waals surface area contributed by atoms with Gasteiger partial charge < -0.3 is 5.11 Å². The van der Waals surface area contributed by atoms with Crippen LogP contribution in [0.2, 0.25) is 0 Å². The zero-order chi connectivity index (χ0) is 9.84. The second-order valence-electron chi connectivity index (χ2n) is 3.90. The Morgan fingerprint density at radius 2 is 2.00 bits per heavy atom. The van der Waals surface area contributed by atoms with Crippen molar-refractivity contribution in [1.82, 2.24) is 0 Å². The Labute approximate surface area is 80.4 Å². The molecule has 0 spiro atoms. The summed E-state index contributed by atoms with van der Waals surface area (Å²) >= 11 is 0. The van der Waals surface area contributed by atoms with Gasteiger partial charge in [0.2, 0.25) is 0 Å². The highest BCUT2D eigenvalue weighted by atomic mass is 16.3. The molecule has 0 aromatic heterocycles. The van der Waals surface area contributed by atoms with Crippen LogP contribution in [0, 0.1) is 6.92 Å². The summed E-state index contributed by atoms with van der Waals surface area (Å²) in [6.45, 7) is 6.09. The maximum absolute atomic E-state index is 9.25. The molecule has 0 radical (unpaired) electrons. The maximum atomic E-state index is 9.25.